The minimum Gasteiger partial charge on any atom is -0.0880 e. The molecule has 92 valence electrons. The van der Waals surface area contributed by atoms with Gasteiger partial charge in [-0.15, -0.1) is 0 Å². The zero-order chi connectivity index (χ0) is 12.1. The molecule has 0 spiro atoms. The molecular weight excluding hydrogens is 180 g/mol. The normalized spacial score (nSPS) is 25.7. The van der Waals surface area contributed by atoms with Crippen LogP contribution in [-0.2, 0) is 0 Å². The minimum atomic E-state index is 0.985. The lowest BCUT2D eigenvalue weighted by Crippen LogP contribution is -2.12. The lowest BCUT2D eigenvalue weighted by Gasteiger charge is -2.23. The summed E-state index contributed by atoms with van der Waals surface area (Å²) in [7, 11) is 0. The second kappa shape index (κ2) is 13.7. The molecule has 1 saturated carbocycles. The van der Waals surface area contributed by atoms with Crippen LogP contribution in [0.5, 0.6) is 0 Å². The highest BCUT2D eigenvalue weighted by Gasteiger charge is 2.24. The van der Waals surface area contributed by atoms with Crippen molar-refractivity contribution in [1.29, 1.82) is 0 Å². The predicted octanol–water partition coefficient (Wildman–Crippen LogP) is 5.83. The molecule has 0 nitrogen and oxygen atoms in total. The minimum absolute atomic E-state index is 0.985. The van der Waals surface area contributed by atoms with Crippen molar-refractivity contribution >= 4 is 0 Å². The summed E-state index contributed by atoms with van der Waals surface area (Å²) in [5, 5.41) is 0. The van der Waals surface area contributed by atoms with Crippen LogP contribution in [0.2, 0.25) is 0 Å². The first-order valence-corrected chi connectivity index (χ1v) is 7.13. The summed E-state index contributed by atoms with van der Waals surface area (Å²) in [5.74, 6) is 2.04. The smallest absolute Gasteiger partial charge is 0.0202 e. The zero-order valence-electron chi connectivity index (χ0n) is 11.8. The molecular formula is C15H32. The summed E-state index contributed by atoms with van der Waals surface area (Å²) in [6, 6.07) is 0. The van der Waals surface area contributed by atoms with Gasteiger partial charge in [-0.2, -0.15) is 0 Å². The monoisotopic (exact) mass is 212 g/mol. The Hall–Kier alpha value is -0.260. The fourth-order valence-electron chi connectivity index (χ4n) is 2.21. The Morgan fingerprint density at radius 3 is 1.87 bits per heavy atom. The molecule has 0 aliphatic heterocycles. The SMILES string of the molecule is C1=CC2CCCC[C@H]2C1.CC.CC.CC. The van der Waals surface area contributed by atoms with Crippen LogP contribution in [-0.4, -0.2) is 0 Å². The van der Waals surface area contributed by atoms with Gasteiger partial charge in [0.15, 0.2) is 0 Å². The first kappa shape index (κ1) is 17.1. The van der Waals surface area contributed by atoms with E-state index in [1.54, 1.807) is 0 Å². The Bertz CT molecular complexity index is 124. The lowest BCUT2D eigenvalue weighted by atomic mass is 9.82. The standard InChI is InChI=1S/C9H14.3C2H6/c1-2-5-9-7-3-6-8(9)4-1;3*1-2/h3,6,8-9H,1-2,4-5,7H2;3*1-2H3/t8?,9-;;;/m0.../s1. The third-order valence-electron chi connectivity index (χ3n) is 2.79. The highest BCUT2D eigenvalue weighted by atomic mass is 14.3. The average molecular weight is 212 g/mol. The molecule has 0 bridgehead atoms. The number of hydrogen-bond donors (Lipinski definition) is 0. The van der Waals surface area contributed by atoms with E-state index < -0.39 is 0 Å². The van der Waals surface area contributed by atoms with Gasteiger partial charge in [-0.3, -0.25) is 0 Å². The second-order valence-corrected chi connectivity index (χ2v) is 3.37. The maximum absolute atomic E-state index is 2.43. The van der Waals surface area contributed by atoms with Gasteiger partial charge in [0.05, 0.1) is 0 Å². The topological polar surface area (TPSA) is 0 Å². The maximum Gasteiger partial charge on any atom is -0.0202 e. The van der Waals surface area contributed by atoms with E-state index in [1.165, 1.54) is 32.1 Å². The molecule has 0 saturated heterocycles. The molecule has 1 unspecified atom stereocenters. The fraction of sp³-hybridized carbons (Fsp3) is 0.867. The lowest BCUT2D eigenvalue weighted by molar-refractivity contribution is 0.304. The number of rotatable bonds is 0. The Balaban J connectivity index is 0. The third-order valence-corrected chi connectivity index (χ3v) is 2.79. The molecule has 0 N–H and O–H groups in total. The van der Waals surface area contributed by atoms with Crippen molar-refractivity contribution in [1.82, 2.24) is 0 Å². The van der Waals surface area contributed by atoms with Crippen molar-refractivity contribution < 1.29 is 0 Å². The van der Waals surface area contributed by atoms with Gasteiger partial charge >= 0.3 is 0 Å². The van der Waals surface area contributed by atoms with Crippen LogP contribution in [0.1, 0.15) is 73.6 Å². The van der Waals surface area contributed by atoms with Crippen molar-refractivity contribution in [3.05, 3.63) is 12.2 Å². The summed E-state index contributed by atoms with van der Waals surface area (Å²) in [6.07, 6.45) is 12.1. The molecule has 0 aromatic carbocycles. The van der Waals surface area contributed by atoms with Crippen LogP contribution < -0.4 is 0 Å². The summed E-state index contributed by atoms with van der Waals surface area (Å²) in [6.45, 7) is 12.0. The summed E-state index contributed by atoms with van der Waals surface area (Å²) in [4.78, 5) is 0. The van der Waals surface area contributed by atoms with Crippen LogP contribution >= 0.6 is 0 Å². The van der Waals surface area contributed by atoms with E-state index in [2.05, 4.69) is 12.2 Å². The summed E-state index contributed by atoms with van der Waals surface area (Å²) >= 11 is 0. The van der Waals surface area contributed by atoms with E-state index in [0.717, 1.165) is 11.8 Å². The van der Waals surface area contributed by atoms with Crippen LogP contribution in [0.25, 0.3) is 0 Å². The number of hydrogen-bond acceptors (Lipinski definition) is 0. The Morgan fingerprint density at radius 1 is 0.800 bits per heavy atom. The van der Waals surface area contributed by atoms with Gasteiger partial charge in [0.2, 0.25) is 0 Å². The first-order valence-electron chi connectivity index (χ1n) is 7.13. The van der Waals surface area contributed by atoms with Crippen molar-refractivity contribution in [3.63, 3.8) is 0 Å². The van der Waals surface area contributed by atoms with Crippen molar-refractivity contribution in [3.8, 4) is 0 Å². The maximum atomic E-state index is 2.43. The number of allylic oxidation sites excluding steroid dienone is 2. The molecule has 2 rings (SSSR count). The molecule has 15 heavy (non-hydrogen) atoms. The highest BCUT2D eigenvalue weighted by Crippen LogP contribution is 2.37. The van der Waals surface area contributed by atoms with Gasteiger partial charge in [-0.25, -0.2) is 0 Å². The first-order chi connectivity index (χ1) is 7.47. The fourth-order valence-corrected chi connectivity index (χ4v) is 2.21. The second-order valence-electron chi connectivity index (χ2n) is 3.37. The largest absolute Gasteiger partial charge is 0.0880 e. The molecule has 0 aromatic rings. The summed E-state index contributed by atoms with van der Waals surface area (Å²) in [5.41, 5.74) is 0. The average Bonchev–Trinajstić information content (AvgIpc) is 2.85. The van der Waals surface area contributed by atoms with Crippen molar-refractivity contribution in [2.45, 2.75) is 73.6 Å². The van der Waals surface area contributed by atoms with E-state index in [-0.39, 0.29) is 0 Å². The zero-order valence-corrected chi connectivity index (χ0v) is 11.8. The quantitative estimate of drug-likeness (QED) is 0.443. The van der Waals surface area contributed by atoms with E-state index in [1.807, 2.05) is 41.5 Å². The molecule has 0 aromatic heterocycles. The van der Waals surface area contributed by atoms with Gasteiger partial charge in [-0.05, 0) is 31.1 Å². The molecule has 1 fully saturated rings. The molecule has 0 heterocycles. The van der Waals surface area contributed by atoms with Crippen LogP contribution in [0, 0.1) is 11.8 Å². The Kier molecular flexibility index (Phi) is 15.7. The molecule has 0 radical (unpaired) electrons. The predicted molar refractivity (Wildman–Crippen MR) is 73.2 cm³/mol. The van der Waals surface area contributed by atoms with E-state index in [4.69, 9.17) is 0 Å². The van der Waals surface area contributed by atoms with Crippen molar-refractivity contribution in [2.24, 2.45) is 11.8 Å². The van der Waals surface area contributed by atoms with Gasteiger partial charge in [0, 0.05) is 0 Å². The Morgan fingerprint density at radius 2 is 1.33 bits per heavy atom. The van der Waals surface area contributed by atoms with E-state index in [9.17, 15) is 0 Å². The van der Waals surface area contributed by atoms with Gasteiger partial charge in [0.1, 0.15) is 0 Å². The third kappa shape index (κ3) is 6.76. The van der Waals surface area contributed by atoms with Crippen molar-refractivity contribution in [2.75, 3.05) is 0 Å². The molecule has 2 aliphatic carbocycles. The molecule has 2 atom stereocenters. The van der Waals surface area contributed by atoms with Gasteiger partial charge in [-0.1, -0.05) is 66.5 Å². The van der Waals surface area contributed by atoms with E-state index in [0.29, 0.717) is 0 Å². The number of fused-ring (bicyclic) bond motifs is 1. The van der Waals surface area contributed by atoms with Gasteiger partial charge < -0.3 is 0 Å². The molecule has 2 aliphatic rings. The summed E-state index contributed by atoms with van der Waals surface area (Å²) < 4.78 is 0. The highest BCUT2D eigenvalue weighted by molar-refractivity contribution is 5.02. The molecule has 0 heteroatoms. The van der Waals surface area contributed by atoms with Gasteiger partial charge in [0.25, 0.3) is 0 Å². The molecule has 0 amide bonds. The van der Waals surface area contributed by atoms with E-state index >= 15 is 0 Å². The Labute approximate surface area is 98.2 Å². The van der Waals surface area contributed by atoms with Crippen LogP contribution in [0.15, 0.2) is 12.2 Å². The van der Waals surface area contributed by atoms with Crippen LogP contribution in [0.3, 0.4) is 0 Å². The van der Waals surface area contributed by atoms with Crippen LogP contribution in [0.4, 0.5) is 0 Å².